The molecule has 10 heteroatoms. The average Bonchev–Trinajstić information content (AvgIpc) is 2.87. The molecule has 3 rings (SSSR count). The number of likely N-dealkylation sites (N-methyl/N-ethyl adjacent to an activating group) is 1. The number of hydrogen-bond donors (Lipinski definition) is 3. The standard InChI is InChI=1S/C29H36N6O4/c1-29(2,3)39-28(38)33-25-11-7-6-10-24(25)32-26(36)22-14-12-21(13-15-22)20-35(18-17-34(4)5)27(37)31-23-9-8-16-30-19-23/h6-16,19H,17-18,20H2,1-5H3,(H,31,37)(H,32,36)(H,33,38). The molecule has 0 bridgehead atoms. The molecule has 2 aromatic carbocycles. The van der Waals surface area contributed by atoms with E-state index in [1.165, 1.54) is 0 Å². The summed E-state index contributed by atoms with van der Waals surface area (Å²) in [5.41, 5.74) is 2.15. The van der Waals surface area contributed by atoms with Crippen LogP contribution in [0.3, 0.4) is 0 Å². The van der Waals surface area contributed by atoms with Crippen LogP contribution in [-0.2, 0) is 11.3 Å². The van der Waals surface area contributed by atoms with E-state index in [2.05, 4.69) is 20.9 Å². The Balaban J connectivity index is 1.66. The first-order chi connectivity index (χ1) is 18.5. The van der Waals surface area contributed by atoms with Crippen LogP contribution >= 0.6 is 0 Å². The van der Waals surface area contributed by atoms with Gasteiger partial charge in [-0.25, -0.2) is 9.59 Å². The Morgan fingerprint density at radius 3 is 2.10 bits per heavy atom. The first-order valence-corrected chi connectivity index (χ1v) is 12.6. The summed E-state index contributed by atoms with van der Waals surface area (Å²) in [7, 11) is 3.90. The minimum atomic E-state index is -0.647. The Morgan fingerprint density at radius 2 is 1.51 bits per heavy atom. The van der Waals surface area contributed by atoms with Gasteiger partial charge in [0.2, 0.25) is 0 Å². The van der Waals surface area contributed by atoms with E-state index < -0.39 is 11.7 Å². The van der Waals surface area contributed by atoms with Crippen LogP contribution in [0.5, 0.6) is 0 Å². The first kappa shape index (κ1) is 29.1. The molecule has 10 nitrogen and oxygen atoms in total. The maximum absolute atomic E-state index is 13.0. The summed E-state index contributed by atoms with van der Waals surface area (Å²) in [5.74, 6) is -0.334. The lowest BCUT2D eigenvalue weighted by Crippen LogP contribution is -2.39. The summed E-state index contributed by atoms with van der Waals surface area (Å²) in [6, 6.07) is 17.3. The van der Waals surface area contributed by atoms with Gasteiger partial charge in [0.25, 0.3) is 5.91 Å². The second kappa shape index (κ2) is 13.4. The summed E-state index contributed by atoms with van der Waals surface area (Å²) < 4.78 is 5.31. The van der Waals surface area contributed by atoms with Gasteiger partial charge in [0.1, 0.15) is 5.60 Å². The molecule has 206 valence electrons. The summed E-state index contributed by atoms with van der Waals surface area (Å²) >= 11 is 0. The number of carbonyl (C=O) groups excluding carboxylic acids is 3. The second-order valence-corrected chi connectivity index (χ2v) is 10.2. The number of nitrogens with one attached hydrogen (secondary N) is 3. The number of anilines is 3. The Morgan fingerprint density at radius 1 is 0.846 bits per heavy atom. The number of aromatic nitrogens is 1. The molecule has 3 aromatic rings. The number of hydrogen-bond acceptors (Lipinski definition) is 6. The summed E-state index contributed by atoms with van der Waals surface area (Å²) in [6.45, 7) is 6.90. The van der Waals surface area contributed by atoms with Crippen LogP contribution < -0.4 is 16.0 Å². The number of amides is 4. The van der Waals surface area contributed by atoms with Crippen LogP contribution in [0.15, 0.2) is 73.1 Å². The van der Waals surface area contributed by atoms with E-state index >= 15 is 0 Å². The zero-order chi connectivity index (χ0) is 28.4. The highest BCUT2D eigenvalue weighted by molar-refractivity contribution is 6.06. The first-order valence-electron chi connectivity index (χ1n) is 12.6. The maximum atomic E-state index is 13.0. The van der Waals surface area contributed by atoms with E-state index in [-0.39, 0.29) is 11.9 Å². The molecule has 0 saturated heterocycles. The number of para-hydroxylation sites is 2. The molecule has 3 N–H and O–H groups in total. The molecule has 0 saturated carbocycles. The number of urea groups is 1. The molecule has 4 amide bonds. The number of benzene rings is 2. The van der Waals surface area contributed by atoms with Crippen molar-refractivity contribution in [3.63, 3.8) is 0 Å². The van der Waals surface area contributed by atoms with E-state index in [0.717, 1.165) is 5.56 Å². The second-order valence-electron chi connectivity index (χ2n) is 10.2. The summed E-state index contributed by atoms with van der Waals surface area (Å²) in [5, 5.41) is 8.39. The molecule has 0 aliphatic carbocycles. The Hall–Kier alpha value is -4.44. The minimum absolute atomic E-state index is 0.235. The fraction of sp³-hybridized carbons (Fsp3) is 0.310. The van der Waals surface area contributed by atoms with Gasteiger partial charge in [-0.2, -0.15) is 0 Å². The largest absolute Gasteiger partial charge is 0.444 e. The molecular weight excluding hydrogens is 496 g/mol. The van der Waals surface area contributed by atoms with Crippen LogP contribution in [0.1, 0.15) is 36.7 Å². The van der Waals surface area contributed by atoms with Gasteiger partial charge in [0.15, 0.2) is 0 Å². The number of pyridine rings is 1. The molecule has 1 aromatic heterocycles. The maximum Gasteiger partial charge on any atom is 0.412 e. The van der Waals surface area contributed by atoms with Crippen LogP contribution in [0.25, 0.3) is 0 Å². The minimum Gasteiger partial charge on any atom is -0.444 e. The lowest BCUT2D eigenvalue weighted by molar-refractivity contribution is 0.0635. The fourth-order valence-corrected chi connectivity index (χ4v) is 3.50. The molecule has 0 fully saturated rings. The molecule has 0 spiro atoms. The Kier molecular flexibility index (Phi) is 9.99. The van der Waals surface area contributed by atoms with Crippen molar-refractivity contribution in [3.05, 3.63) is 84.2 Å². The molecular formula is C29H36N6O4. The molecule has 0 aliphatic heterocycles. The van der Waals surface area contributed by atoms with E-state index in [0.29, 0.717) is 42.3 Å². The highest BCUT2D eigenvalue weighted by Gasteiger charge is 2.18. The topological polar surface area (TPSA) is 116 Å². The van der Waals surface area contributed by atoms with Gasteiger partial charge < -0.3 is 25.2 Å². The zero-order valence-electron chi connectivity index (χ0n) is 23.0. The van der Waals surface area contributed by atoms with Gasteiger partial charge in [-0.15, -0.1) is 0 Å². The third-order valence-electron chi connectivity index (χ3n) is 5.42. The van der Waals surface area contributed by atoms with Crippen molar-refractivity contribution in [2.24, 2.45) is 0 Å². The molecule has 39 heavy (non-hydrogen) atoms. The van der Waals surface area contributed by atoms with Gasteiger partial charge >= 0.3 is 12.1 Å². The van der Waals surface area contributed by atoms with Crippen LogP contribution in [0.2, 0.25) is 0 Å². The highest BCUT2D eigenvalue weighted by Crippen LogP contribution is 2.23. The molecule has 0 atom stereocenters. The van der Waals surface area contributed by atoms with Gasteiger partial charge in [-0.3, -0.25) is 15.1 Å². The molecule has 0 unspecified atom stereocenters. The summed E-state index contributed by atoms with van der Waals surface area (Å²) in [4.78, 5) is 45.9. The quantitative estimate of drug-likeness (QED) is 0.346. The number of ether oxygens (including phenoxy) is 1. The SMILES string of the molecule is CN(C)CCN(Cc1ccc(C(=O)Nc2ccccc2NC(=O)OC(C)(C)C)cc1)C(=O)Nc1cccnc1. The van der Waals surface area contributed by atoms with Crippen LogP contribution in [-0.4, -0.2) is 65.6 Å². The predicted molar refractivity (Wildman–Crippen MR) is 153 cm³/mol. The third kappa shape index (κ3) is 9.75. The molecule has 0 aliphatic rings. The van der Waals surface area contributed by atoms with Crippen molar-refractivity contribution in [3.8, 4) is 0 Å². The van der Waals surface area contributed by atoms with E-state index in [1.54, 1.807) is 86.6 Å². The van der Waals surface area contributed by atoms with E-state index in [1.807, 2.05) is 31.1 Å². The van der Waals surface area contributed by atoms with Gasteiger partial charge in [-0.05, 0) is 76.8 Å². The Bertz CT molecular complexity index is 1260. The predicted octanol–water partition coefficient (Wildman–Crippen LogP) is 5.28. The normalized spacial score (nSPS) is 11.0. The Labute approximate surface area is 229 Å². The van der Waals surface area contributed by atoms with Crippen LogP contribution in [0, 0.1) is 0 Å². The lowest BCUT2D eigenvalue weighted by atomic mass is 10.1. The lowest BCUT2D eigenvalue weighted by Gasteiger charge is -2.25. The monoisotopic (exact) mass is 532 g/mol. The van der Waals surface area contributed by atoms with Crippen molar-refractivity contribution >= 4 is 35.1 Å². The number of rotatable bonds is 9. The van der Waals surface area contributed by atoms with Crippen molar-refractivity contribution < 1.29 is 19.1 Å². The fourth-order valence-electron chi connectivity index (χ4n) is 3.50. The smallest absolute Gasteiger partial charge is 0.412 e. The third-order valence-corrected chi connectivity index (χ3v) is 5.42. The summed E-state index contributed by atoms with van der Waals surface area (Å²) in [6.07, 6.45) is 2.63. The van der Waals surface area contributed by atoms with Crippen molar-refractivity contribution in [2.45, 2.75) is 32.9 Å². The van der Waals surface area contributed by atoms with Crippen molar-refractivity contribution in [2.75, 3.05) is 43.1 Å². The average molecular weight is 533 g/mol. The number of nitrogens with zero attached hydrogens (tertiary/aromatic N) is 3. The van der Waals surface area contributed by atoms with Crippen LogP contribution in [0.4, 0.5) is 26.7 Å². The zero-order valence-corrected chi connectivity index (χ0v) is 23.0. The molecule has 0 radical (unpaired) electrons. The van der Waals surface area contributed by atoms with E-state index in [4.69, 9.17) is 4.74 Å². The van der Waals surface area contributed by atoms with Crippen molar-refractivity contribution in [1.29, 1.82) is 0 Å². The number of carbonyl (C=O) groups is 3. The van der Waals surface area contributed by atoms with Gasteiger partial charge in [0.05, 0.1) is 23.3 Å². The van der Waals surface area contributed by atoms with E-state index in [9.17, 15) is 14.4 Å². The van der Waals surface area contributed by atoms with Gasteiger partial charge in [0, 0.05) is 31.4 Å². The molecule has 1 heterocycles. The highest BCUT2D eigenvalue weighted by atomic mass is 16.6. The van der Waals surface area contributed by atoms with Gasteiger partial charge in [-0.1, -0.05) is 24.3 Å². The van der Waals surface area contributed by atoms with Crippen molar-refractivity contribution in [1.82, 2.24) is 14.8 Å².